The number of hydrogen-bond acceptors (Lipinski definition) is 3. The van der Waals surface area contributed by atoms with Crippen LogP contribution in [-0.4, -0.2) is 13.1 Å². The van der Waals surface area contributed by atoms with Crippen LogP contribution in [0.1, 0.15) is 17.5 Å². The second-order valence-corrected chi connectivity index (χ2v) is 4.64. The number of aryl methyl sites for hydroxylation is 1. The molecule has 0 heterocycles. The van der Waals surface area contributed by atoms with E-state index in [1.54, 1.807) is 19.2 Å². The van der Waals surface area contributed by atoms with Crippen LogP contribution in [0.2, 0.25) is 0 Å². The van der Waals surface area contributed by atoms with Gasteiger partial charge in [-0.2, -0.15) is 0 Å². The zero-order chi connectivity index (χ0) is 15.1. The van der Waals surface area contributed by atoms with Crippen LogP contribution in [0.3, 0.4) is 0 Å². The van der Waals surface area contributed by atoms with E-state index >= 15 is 0 Å². The van der Waals surface area contributed by atoms with Crippen molar-refractivity contribution in [1.82, 2.24) is 0 Å². The number of benzene rings is 2. The minimum absolute atomic E-state index is 0.242. The van der Waals surface area contributed by atoms with E-state index in [0.29, 0.717) is 6.42 Å². The summed E-state index contributed by atoms with van der Waals surface area (Å²) in [6.07, 6.45) is 0.823. The van der Waals surface area contributed by atoms with Gasteiger partial charge in [0.2, 0.25) is 0 Å². The summed E-state index contributed by atoms with van der Waals surface area (Å²) < 4.78 is 23.0. The van der Waals surface area contributed by atoms with Crippen molar-refractivity contribution in [1.29, 1.82) is 0 Å². The number of rotatable bonds is 6. The van der Waals surface area contributed by atoms with Gasteiger partial charge in [-0.05, 0) is 41.8 Å². The van der Waals surface area contributed by atoms with Gasteiger partial charge in [0, 0.05) is 6.42 Å². The van der Waals surface area contributed by atoms with Crippen molar-refractivity contribution in [2.45, 2.75) is 19.4 Å². The number of ether oxygens (including phenoxy) is 2. The molecule has 0 fully saturated rings. The normalized spacial score (nSPS) is 10.2. The monoisotopic (exact) mass is 288 g/mol. The number of carbonyl (C=O) groups is 1. The van der Waals surface area contributed by atoms with Crippen molar-refractivity contribution < 1.29 is 18.7 Å². The average molecular weight is 288 g/mol. The smallest absolute Gasteiger partial charge is 0.306 e. The van der Waals surface area contributed by atoms with E-state index in [-0.39, 0.29) is 24.8 Å². The van der Waals surface area contributed by atoms with Gasteiger partial charge in [-0.1, -0.05) is 24.3 Å². The molecular formula is C17H17FO3. The van der Waals surface area contributed by atoms with Crippen molar-refractivity contribution in [3.05, 3.63) is 65.5 Å². The molecule has 2 aromatic rings. The highest BCUT2D eigenvalue weighted by Gasteiger charge is 2.05. The predicted molar refractivity (Wildman–Crippen MR) is 77.5 cm³/mol. The molecule has 2 aromatic carbocycles. The highest BCUT2D eigenvalue weighted by atomic mass is 19.1. The lowest BCUT2D eigenvalue weighted by molar-refractivity contribution is -0.144. The summed E-state index contributed by atoms with van der Waals surface area (Å²) in [5, 5.41) is 0. The second-order valence-electron chi connectivity index (χ2n) is 4.64. The first-order valence-corrected chi connectivity index (χ1v) is 6.70. The Balaban J connectivity index is 1.75. The van der Waals surface area contributed by atoms with Crippen LogP contribution in [0.4, 0.5) is 4.39 Å². The molecule has 4 heteroatoms. The highest BCUT2D eigenvalue weighted by Crippen LogP contribution is 2.12. The van der Waals surface area contributed by atoms with E-state index in [9.17, 15) is 9.18 Å². The summed E-state index contributed by atoms with van der Waals surface area (Å²) in [7, 11) is 1.60. The largest absolute Gasteiger partial charge is 0.497 e. The Hall–Kier alpha value is -2.36. The molecule has 0 aliphatic heterocycles. The Kier molecular flexibility index (Phi) is 5.32. The Morgan fingerprint density at radius 1 is 1.00 bits per heavy atom. The van der Waals surface area contributed by atoms with Crippen molar-refractivity contribution in [2.75, 3.05) is 7.11 Å². The first-order chi connectivity index (χ1) is 10.2. The SMILES string of the molecule is COc1ccc(COC(=O)CCc2ccc(F)cc2)cc1. The van der Waals surface area contributed by atoms with Gasteiger partial charge < -0.3 is 9.47 Å². The Morgan fingerprint density at radius 2 is 1.62 bits per heavy atom. The molecule has 21 heavy (non-hydrogen) atoms. The summed E-state index contributed by atoms with van der Waals surface area (Å²) in [5.41, 5.74) is 1.82. The quantitative estimate of drug-likeness (QED) is 0.763. The van der Waals surface area contributed by atoms with Crippen molar-refractivity contribution >= 4 is 5.97 Å². The molecule has 0 bridgehead atoms. The predicted octanol–water partition coefficient (Wildman–Crippen LogP) is 3.51. The van der Waals surface area contributed by atoms with Crippen LogP contribution in [0.5, 0.6) is 5.75 Å². The van der Waals surface area contributed by atoms with Gasteiger partial charge in [-0.3, -0.25) is 4.79 Å². The zero-order valence-electron chi connectivity index (χ0n) is 11.8. The lowest BCUT2D eigenvalue weighted by Gasteiger charge is -2.06. The number of halogens is 1. The highest BCUT2D eigenvalue weighted by molar-refractivity contribution is 5.69. The number of hydrogen-bond donors (Lipinski definition) is 0. The third kappa shape index (κ3) is 4.91. The van der Waals surface area contributed by atoms with Crippen molar-refractivity contribution in [3.8, 4) is 5.75 Å². The Bertz CT molecular complexity index is 576. The second kappa shape index (κ2) is 7.43. The molecule has 0 radical (unpaired) electrons. The van der Waals surface area contributed by atoms with Crippen LogP contribution in [-0.2, 0) is 22.6 Å². The van der Waals surface area contributed by atoms with Crippen molar-refractivity contribution in [2.24, 2.45) is 0 Å². The molecule has 2 rings (SSSR count). The van der Waals surface area contributed by atoms with Gasteiger partial charge in [-0.25, -0.2) is 4.39 Å². The first-order valence-electron chi connectivity index (χ1n) is 6.70. The van der Waals surface area contributed by atoms with E-state index in [1.165, 1.54) is 12.1 Å². The molecule has 0 aliphatic carbocycles. The summed E-state index contributed by atoms with van der Waals surface area (Å²) in [4.78, 5) is 11.7. The molecule has 0 aliphatic rings. The first kappa shape index (κ1) is 15.0. The van der Waals surface area contributed by atoms with Gasteiger partial charge in [0.1, 0.15) is 18.2 Å². The third-order valence-electron chi connectivity index (χ3n) is 3.09. The van der Waals surface area contributed by atoms with Crippen LogP contribution in [0.15, 0.2) is 48.5 Å². The molecule has 0 N–H and O–H groups in total. The third-order valence-corrected chi connectivity index (χ3v) is 3.09. The van der Waals surface area contributed by atoms with Gasteiger partial charge in [0.15, 0.2) is 0 Å². The summed E-state index contributed by atoms with van der Waals surface area (Å²) >= 11 is 0. The lowest BCUT2D eigenvalue weighted by atomic mass is 10.1. The fraction of sp³-hybridized carbons (Fsp3) is 0.235. The van der Waals surface area contributed by atoms with Gasteiger partial charge in [-0.15, -0.1) is 0 Å². The molecule has 0 unspecified atom stereocenters. The van der Waals surface area contributed by atoms with E-state index in [4.69, 9.17) is 9.47 Å². The van der Waals surface area contributed by atoms with E-state index in [0.717, 1.165) is 16.9 Å². The van der Waals surface area contributed by atoms with E-state index in [1.807, 2.05) is 24.3 Å². The van der Waals surface area contributed by atoms with Crippen LogP contribution < -0.4 is 4.74 Å². The maximum absolute atomic E-state index is 12.7. The molecular weight excluding hydrogens is 271 g/mol. The Morgan fingerprint density at radius 3 is 2.24 bits per heavy atom. The van der Waals surface area contributed by atoms with Crippen LogP contribution in [0.25, 0.3) is 0 Å². The lowest BCUT2D eigenvalue weighted by Crippen LogP contribution is -2.06. The maximum atomic E-state index is 12.7. The molecule has 0 atom stereocenters. The minimum atomic E-state index is -0.277. The molecule has 0 saturated heterocycles. The molecule has 0 aromatic heterocycles. The topological polar surface area (TPSA) is 35.5 Å². The van der Waals surface area contributed by atoms with Gasteiger partial charge in [0.25, 0.3) is 0 Å². The molecule has 110 valence electrons. The number of carbonyl (C=O) groups excluding carboxylic acids is 1. The number of methoxy groups -OCH3 is 1. The van der Waals surface area contributed by atoms with Crippen LogP contribution >= 0.6 is 0 Å². The molecule has 0 spiro atoms. The Labute approximate surface area is 123 Å². The van der Waals surface area contributed by atoms with E-state index in [2.05, 4.69) is 0 Å². The number of esters is 1. The summed E-state index contributed by atoms with van der Waals surface area (Å²) in [5.74, 6) is 0.220. The summed E-state index contributed by atoms with van der Waals surface area (Å²) in [6.45, 7) is 0.242. The van der Waals surface area contributed by atoms with Crippen molar-refractivity contribution in [3.63, 3.8) is 0 Å². The fourth-order valence-electron chi connectivity index (χ4n) is 1.86. The standard InChI is InChI=1S/C17H17FO3/c1-20-16-9-4-14(5-10-16)12-21-17(19)11-6-13-2-7-15(18)8-3-13/h2-5,7-10H,6,11-12H2,1H3. The molecule has 0 amide bonds. The maximum Gasteiger partial charge on any atom is 0.306 e. The fourth-order valence-corrected chi connectivity index (χ4v) is 1.86. The molecule has 0 saturated carbocycles. The minimum Gasteiger partial charge on any atom is -0.497 e. The summed E-state index contributed by atoms with van der Waals surface area (Å²) in [6, 6.07) is 13.5. The molecule has 3 nitrogen and oxygen atoms in total. The van der Waals surface area contributed by atoms with Crippen LogP contribution in [0, 0.1) is 5.82 Å². The zero-order valence-corrected chi connectivity index (χ0v) is 11.8. The van der Waals surface area contributed by atoms with E-state index < -0.39 is 0 Å². The average Bonchev–Trinajstić information content (AvgIpc) is 2.53. The van der Waals surface area contributed by atoms with Gasteiger partial charge >= 0.3 is 5.97 Å². The van der Waals surface area contributed by atoms with Gasteiger partial charge in [0.05, 0.1) is 7.11 Å².